The minimum atomic E-state index is -5.08. The predicted octanol–water partition coefficient (Wildman–Crippen LogP) is 0.921. The van der Waals surface area contributed by atoms with Gasteiger partial charge in [0.05, 0.1) is 11.9 Å². The molecule has 3 rings (SSSR count). The Kier molecular flexibility index (Phi) is 10.8. The van der Waals surface area contributed by atoms with Crippen molar-refractivity contribution in [1.29, 1.82) is 0 Å². The van der Waals surface area contributed by atoms with Gasteiger partial charge in [-0.3, -0.25) is 9.69 Å². The lowest BCUT2D eigenvalue weighted by molar-refractivity contribution is -0.193. The quantitative estimate of drug-likeness (QED) is 0.503. The van der Waals surface area contributed by atoms with Crippen LogP contribution in [-0.2, 0) is 16.6 Å². The lowest BCUT2D eigenvalue weighted by atomic mass is 10.0. The van der Waals surface area contributed by atoms with Crippen LogP contribution in [0.3, 0.4) is 0 Å². The second kappa shape index (κ2) is 12.5. The summed E-state index contributed by atoms with van der Waals surface area (Å²) in [5, 5.41) is 21.8. The number of halogens is 6. The molecule has 0 amide bonds. The van der Waals surface area contributed by atoms with Gasteiger partial charge in [-0.25, -0.2) is 14.3 Å². The highest BCUT2D eigenvalue weighted by atomic mass is 19.4. The Morgan fingerprint density at radius 3 is 1.91 bits per heavy atom. The molecule has 34 heavy (non-hydrogen) atoms. The van der Waals surface area contributed by atoms with E-state index in [4.69, 9.17) is 19.8 Å². The van der Waals surface area contributed by atoms with E-state index in [0.29, 0.717) is 6.04 Å². The van der Waals surface area contributed by atoms with Crippen molar-refractivity contribution in [3.8, 4) is 0 Å². The van der Waals surface area contributed by atoms with Gasteiger partial charge >= 0.3 is 24.3 Å². The van der Waals surface area contributed by atoms with Gasteiger partial charge in [-0.1, -0.05) is 0 Å². The largest absolute Gasteiger partial charge is 0.490 e. The highest BCUT2D eigenvalue weighted by Gasteiger charge is 2.38. The van der Waals surface area contributed by atoms with E-state index in [-0.39, 0.29) is 5.56 Å². The van der Waals surface area contributed by atoms with Crippen LogP contribution >= 0.6 is 0 Å². The summed E-state index contributed by atoms with van der Waals surface area (Å²) in [6.45, 7) is 6.38. The van der Waals surface area contributed by atoms with Gasteiger partial charge in [-0.2, -0.15) is 31.4 Å². The zero-order chi connectivity index (χ0) is 26.1. The fraction of sp³-hybridized carbons (Fsp3) is 0.667. The summed E-state index contributed by atoms with van der Waals surface area (Å²) in [6, 6.07) is 2.37. The third-order valence-electron chi connectivity index (χ3n) is 4.91. The zero-order valence-electron chi connectivity index (χ0n) is 18.1. The molecule has 10 nitrogen and oxygen atoms in total. The summed E-state index contributed by atoms with van der Waals surface area (Å²) in [6.07, 6.45) is -5.79. The highest BCUT2D eigenvalue weighted by molar-refractivity contribution is 5.73. The number of carboxylic acid groups (broad SMARTS) is 2. The van der Waals surface area contributed by atoms with Gasteiger partial charge in [0.1, 0.15) is 0 Å². The summed E-state index contributed by atoms with van der Waals surface area (Å²) in [5.41, 5.74) is 0.913. The molecule has 1 atom stereocenters. The molecule has 0 radical (unpaired) electrons. The van der Waals surface area contributed by atoms with E-state index in [1.54, 1.807) is 19.3 Å². The van der Waals surface area contributed by atoms with Gasteiger partial charge in [-0.05, 0) is 19.4 Å². The van der Waals surface area contributed by atoms with Crippen LogP contribution in [0.5, 0.6) is 0 Å². The smallest absolute Gasteiger partial charge is 0.475 e. The Bertz CT molecular complexity index is 838. The number of nitrogens with one attached hydrogen (secondary N) is 1. The second-order valence-corrected chi connectivity index (χ2v) is 7.30. The molecule has 2 fully saturated rings. The van der Waals surface area contributed by atoms with E-state index < -0.39 is 24.3 Å². The number of hydrogen-bond donors (Lipinski definition) is 3. The number of nitrogens with zero attached hydrogens (tertiary/aromatic N) is 4. The van der Waals surface area contributed by atoms with E-state index >= 15 is 0 Å². The molecule has 1 aromatic heterocycles. The highest BCUT2D eigenvalue weighted by Crippen LogP contribution is 2.17. The van der Waals surface area contributed by atoms with Crippen LogP contribution in [0.2, 0.25) is 0 Å². The fourth-order valence-electron chi connectivity index (χ4n) is 3.12. The Hall–Kier alpha value is -2.88. The van der Waals surface area contributed by atoms with Gasteiger partial charge in [0.25, 0.3) is 5.56 Å². The molecule has 2 aliphatic rings. The normalized spacial score (nSPS) is 19.3. The molecule has 1 unspecified atom stereocenters. The Morgan fingerprint density at radius 2 is 1.53 bits per heavy atom. The first-order chi connectivity index (χ1) is 15.6. The average Bonchev–Trinajstić information content (AvgIpc) is 2.76. The maximum absolute atomic E-state index is 11.6. The summed E-state index contributed by atoms with van der Waals surface area (Å²) in [7, 11) is 1.68. The molecule has 16 heteroatoms. The number of aryl methyl sites for hydroxylation is 1. The molecular formula is C18H25F6N5O5. The van der Waals surface area contributed by atoms with Crippen molar-refractivity contribution in [3.05, 3.63) is 22.6 Å². The van der Waals surface area contributed by atoms with Crippen LogP contribution in [0.25, 0.3) is 0 Å². The van der Waals surface area contributed by atoms with Crippen molar-refractivity contribution in [2.75, 3.05) is 44.2 Å². The summed E-state index contributed by atoms with van der Waals surface area (Å²) in [5.74, 6) is -5.51. The number of rotatable bonds is 2. The zero-order valence-corrected chi connectivity index (χ0v) is 18.1. The summed E-state index contributed by atoms with van der Waals surface area (Å²) >= 11 is 0. The van der Waals surface area contributed by atoms with Crippen LogP contribution in [-0.4, -0.2) is 94.5 Å². The number of anilines is 1. The molecule has 2 aliphatic heterocycles. The van der Waals surface area contributed by atoms with Crippen molar-refractivity contribution in [2.24, 2.45) is 7.05 Å². The van der Waals surface area contributed by atoms with E-state index in [1.807, 2.05) is 0 Å². The molecular weight excluding hydrogens is 480 g/mol. The van der Waals surface area contributed by atoms with Gasteiger partial charge in [0.2, 0.25) is 0 Å². The number of carboxylic acids is 2. The number of carbonyl (C=O) groups is 2. The van der Waals surface area contributed by atoms with Crippen molar-refractivity contribution in [2.45, 2.75) is 31.2 Å². The number of piperazine rings is 1. The number of hydrogen-bond acceptors (Lipinski definition) is 7. The van der Waals surface area contributed by atoms with E-state index in [1.165, 1.54) is 17.5 Å². The van der Waals surface area contributed by atoms with Gasteiger partial charge in [0, 0.05) is 51.9 Å². The van der Waals surface area contributed by atoms with Gasteiger partial charge in [0.15, 0.2) is 0 Å². The Labute approximate surface area is 189 Å². The predicted molar refractivity (Wildman–Crippen MR) is 107 cm³/mol. The Morgan fingerprint density at radius 1 is 1.03 bits per heavy atom. The minimum Gasteiger partial charge on any atom is -0.475 e. The first-order valence-electron chi connectivity index (χ1n) is 9.96. The van der Waals surface area contributed by atoms with Gasteiger partial charge < -0.3 is 20.4 Å². The van der Waals surface area contributed by atoms with Crippen LogP contribution < -0.4 is 15.8 Å². The third kappa shape index (κ3) is 9.94. The number of alkyl halides is 6. The number of piperidine rings is 1. The molecule has 0 spiro atoms. The average molecular weight is 505 g/mol. The van der Waals surface area contributed by atoms with Gasteiger partial charge in [-0.15, -0.1) is 0 Å². The van der Waals surface area contributed by atoms with Crippen LogP contribution in [0.15, 0.2) is 17.1 Å². The molecule has 0 aromatic carbocycles. The summed E-state index contributed by atoms with van der Waals surface area (Å²) in [4.78, 5) is 34.3. The van der Waals surface area contributed by atoms with E-state index in [0.717, 1.165) is 45.0 Å². The molecule has 0 aliphatic carbocycles. The lowest BCUT2D eigenvalue weighted by Crippen LogP contribution is -2.54. The molecule has 3 N–H and O–H groups in total. The van der Waals surface area contributed by atoms with Crippen molar-refractivity contribution in [1.82, 2.24) is 20.0 Å². The van der Waals surface area contributed by atoms with Crippen LogP contribution in [0, 0.1) is 0 Å². The SMILES string of the molecule is Cn1ncc(N2CCN(C3CCCNC3)CC2)cc1=O.O=C(O)C(F)(F)F.O=C(O)C(F)(F)F. The van der Waals surface area contributed by atoms with E-state index in [2.05, 4.69) is 20.2 Å². The molecule has 2 saturated heterocycles. The molecule has 0 bridgehead atoms. The molecule has 3 heterocycles. The monoisotopic (exact) mass is 505 g/mol. The maximum atomic E-state index is 11.6. The molecule has 1 aromatic rings. The molecule has 194 valence electrons. The van der Waals surface area contributed by atoms with Crippen LogP contribution in [0.4, 0.5) is 32.0 Å². The topological polar surface area (TPSA) is 128 Å². The van der Waals surface area contributed by atoms with Crippen molar-refractivity contribution >= 4 is 17.6 Å². The van der Waals surface area contributed by atoms with Crippen molar-refractivity contribution in [3.63, 3.8) is 0 Å². The fourth-order valence-corrected chi connectivity index (χ4v) is 3.12. The number of aliphatic carboxylic acids is 2. The van der Waals surface area contributed by atoms with E-state index in [9.17, 15) is 31.1 Å². The van der Waals surface area contributed by atoms with Crippen LogP contribution in [0.1, 0.15) is 12.8 Å². The van der Waals surface area contributed by atoms with Crippen molar-refractivity contribution < 1.29 is 46.1 Å². The molecule has 0 saturated carbocycles. The standard InChI is InChI=1S/C14H23N5O.2C2HF3O2/c1-17-14(20)9-13(11-16-17)19-7-5-18(6-8-19)12-3-2-4-15-10-12;2*3-2(4,5)1(6)7/h9,11-12,15H,2-8,10H2,1H3;2*(H,6,7). The first-order valence-corrected chi connectivity index (χ1v) is 9.96. The minimum absolute atomic E-state index is 0.0404. The maximum Gasteiger partial charge on any atom is 0.490 e. The second-order valence-electron chi connectivity index (χ2n) is 7.30. The number of aromatic nitrogens is 2. The Balaban J connectivity index is 0.000000343. The lowest BCUT2D eigenvalue weighted by Gasteiger charge is -2.41. The summed E-state index contributed by atoms with van der Waals surface area (Å²) < 4.78 is 64.8. The third-order valence-corrected chi connectivity index (χ3v) is 4.91. The first kappa shape index (κ1) is 29.2.